The molecule has 2 rings (SSSR count). The standard InChI is InChI=1S/C10H11N3O2S/c1-13(2)10(15)12-9-11-7-4-3-6(14)5-8(7)16-9/h3-5,14H,1-2H3,(H,11,12,15). The zero-order chi connectivity index (χ0) is 11.7. The maximum absolute atomic E-state index is 11.4. The third kappa shape index (κ3) is 2.06. The lowest BCUT2D eigenvalue weighted by Crippen LogP contribution is -2.27. The Morgan fingerprint density at radius 1 is 1.50 bits per heavy atom. The number of benzene rings is 1. The summed E-state index contributed by atoms with van der Waals surface area (Å²) in [5, 5.41) is 12.5. The van der Waals surface area contributed by atoms with Gasteiger partial charge in [-0.1, -0.05) is 11.3 Å². The fraction of sp³-hybridized carbons (Fsp3) is 0.200. The molecule has 1 aromatic heterocycles. The van der Waals surface area contributed by atoms with Crippen LogP contribution in [-0.2, 0) is 0 Å². The first-order valence-electron chi connectivity index (χ1n) is 4.64. The first kappa shape index (κ1) is 10.7. The molecule has 2 amide bonds. The number of hydrogen-bond acceptors (Lipinski definition) is 4. The molecule has 0 spiro atoms. The number of fused-ring (bicyclic) bond motifs is 1. The Morgan fingerprint density at radius 2 is 2.25 bits per heavy atom. The van der Waals surface area contributed by atoms with Crippen LogP contribution in [0, 0.1) is 0 Å². The second-order valence-electron chi connectivity index (χ2n) is 3.50. The lowest BCUT2D eigenvalue weighted by Gasteiger charge is -2.08. The Morgan fingerprint density at radius 3 is 2.94 bits per heavy atom. The fourth-order valence-electron chi connectivity index (χ4n) is 1.17. The molecule has 0 aliphatic carbocycles. The van der Waals surface area contributed by atoms with Crippen LogP contribution in [0.1, 0.15) is 0 Å². The first-order valence-corrected chi connectivity index (χ1v) is 5.46. The molecule has 1 aromatic carbocycles. The van der Waals surface area contributed by atoms with E-state index < -0.39 is 0 Å². The fourth-order valence-corrected chi connectivity index (χ4v) is 2.06. The summed E-state index contributed by atoms with van der Waals surface area (Å²) in [5.74, 6) is 0.196. The zero-order valence-corrected chi connectivity index (χ0v) is 9.71. The number of anilines is 1. The van der Waals surface area contributed by atoms with Crippen molar-refractivity contribution >= 4 is 32.7 Å². The van der Waals surface area contributed by atoms with Gasteiger partial charge in [-0.2, -0.15) is 0 Å². The van der Waals surface area contributed by atoms with Crippen LogP contribution in [-0.4, -0.2) is 35.1 Å². The van der Waals surface area contributed by atoms with Gasteiger partial charge in [0.1, 0.15) is 5.75 Å². The van der Waals surface area contributed by atoms with Crippen molar-refractivity contribution in [2.24, 2.45) is 0 Å². The summed E-state index contributed by atoms with van der Waals surface area (Å²) >= 11 is 1.33. The van der Waals surface area contributed by atoms with E-state index in [1.54, 1.807) is 32.3 Å². The number of thiazole rings is 1. The third-order valence-electron chi connectivity index (χ3n) is 1.99. The van der Waals surface area contributed by atoms with Crippen molar-refractivity contribution in [3.8, 4) is 5.75 Å². The topological polar surface area (TPSA) is 65.5 Å². The predicted octanol–water partition coefficient (Wildman–Crippen LogP) is 2.10. The summed E-state index contributed by atoms with van der Waals surface area (Å²) in [6.45, 7) is 0. The minimum atomic E-state index is -0.219. The summed E-state index contributed by atoms with van der Waals surface area (Å²) in [7, 11) is 3.32. The number of rotatable bonds is 1. The van der Waals surface area contributed by atoms with Gasteiger partial charge in [-0.15, -0.1) is 0 Å². The molecule has 2 N–H and O–H groups in total. The number of hydrogen-bond donors (Lipinski definition) is 2. The number of carbonyl (C=O) groups is 1. The van der Waals surface area contributed by atoms with Gasteiger partial charge < -0.3 is 10.0 Å². The van der Waals surface area contributed by atoms with E-state index in [1.807, 2.05) is 0 Å². The van der Waals surface area contributed by atoms with Crippen LogP contribution >= 0.6 is 11.3 Å². The van der Waals surface area contributed by atoms with E-state index >= 15 is 0 Å². The number of carbonyl (C=O) groups excluding carboxylic acids is 1. The molecule has 16 heavy (non-hydrogen) atoms. The highest BCUT2D eigenvalue weighted by molar-refractivity contribution is 7.22. The van der Waals surface area contributed by atoms with E-state index in [1.165, 1.54) is 16.2 Å². The minimum absolute atomic E-state index is 0.196. The van der Waals surface area contributed by atoms with Crippen LogP contribution < -0.4 is 5.32 Å². The number of phenolic OH excluding ortho intramolecular Hbond substituents is 1. The number of amides is 2. The number of aromatic nitrogens is 1. The molecule has 0 saturated heterocycles. The quantitative estimate of drug-likeness (QED) is 0.798. The molecular formula is C10H11N3O2S. The van der Waals surface area contributed by atoms with Gasteiger partial charge in [-0.05, 0) is 18.2 Å². The highest BCUT2D eigenvalue weighted by Gasteiger charge is 2.08. The van der Waals surface area contributed by atoms with E-state index in [-0.39, 0.29) is 11.8 Å². The van der Waals surface area contributed by atoms with Gasteiger partial charge in [-0.25, -0.2) is 9.78 Å². The Hall–Kier alpha value is -1.82. The molecule has 0 atom stereocenters. The van der Waals surface area contributed by atoms with E-state index in [0.29, 0.717) is 5.13 Å². The first-order chi connectivity index (χ1) is 7.56. The van der Waals surface area contributed by atoms with Gasteiger partial charge in [0.05, 0.1) is 10.2 Å². The van der Waals surface area contributed by atoms with Crippen molar-refractivity contribution in [1.29, 1.82) is 0 Å². The molecule has 1 heterocycles. The maximum atomic E-state index is 11.4. The van der Waals surface area contributed by atoms with Gasteiger partial charge in [0, 0.05) is 14.1 Å². The van der Waals surface area contributed by atoms with E-state index in [4.69, 9.17) is 0 Å². The molecule has 0 unspecified atom stereocenters. The highest BCUT2D eigenvalue weighted by atomic mass is 32.1. The predicted molar refractivity (Wildman–Crippen MR) is 64.0 cm³/mol. The summed E-state index contributed by atoms with van der Waals surface area (Å²) < 4.78 is 0.842. The molecular weight excluding hydrogens is 226 g/mol. The number of nitrogens with zero attached hydrogens (tertiary/aromatic N) is 2. The Kier molecular flexibility index (Phi) is 2.66. The molecule has 6 heteroatoms. The van der Waals surface area contributed by atoms with E-state index in [2.05, 4.69) is 10.3 Å². The van der Waals surface area contributed by atoms with Gasteiger partial charge in [-0.3, -0.25) is 5.32 Å². The largest absolute Gasteiger partial charge is 0.508 e. The molecule has 0 saturated carbocycles. The SMILES string of the molecule is CN(C)C(=O)Nc1nc2ccc(O)cc2s1. The molecule has 84 valence electrons. The van der Waals surface area contributed by atoms with Crippen LogP contribution in [0.5, 0.6) is 5.75 Å². The van der Waals surface area contributed by atoms with Crippen LogP contribution in [0.25, 0.3) is 10.2 Å². The van der Waals surface area contributed by atoms with Crippen molar-refractivity contribution in [3.63, 3.8) is 0 Å². The number of aromatic hydroxyl groups is 1. The van der Waals surface area contributed by atoms with Crippen LogP contribution in [0.15, 0.2) is 18.2 Å². The lowest BCUT2D eigenvalue weighted by molar-refractivity contribution is 0.230. The van der Waals surface area contributed by atoms with Gasteiger partial charge in [0.15, 0.2) is 5.13 Å². The van der Waals surface area contributed by atoms with Gasteiger partial charge in [0.25, 0.3) is 0 Å². The Balaban J connectivity index is 2.29. The summed E-state index contributed by atoms with van der Waals surface area (Å²) in [5.41, 5.74) is 0.761. The lowest BCUT2D eigenvalue weighted by atomic mass is 10.3. The van der Waals surface area contributed by atoms with Crippen molar-refractivity contribution in [1.82, 2.24) is 9.88 Å². The van der Waals surface area contributed by atoms with E-state index in [9.17, 15) is 9.90 Å². The third-order valence-corrected chi connectivity index (χ3v) is 2.93. The summed E-state index contributed by atoms with van der Waals surface area (Å²) in [6.07, 6.45) is 0. The van der Waals surface area contributed by atoms with Crippen LogP contribution in [0.3, 0.4) is 0 Å². The van der Waals surface area contributed by atoms with Crippen molar-refractivity contribution < 1.29 is 9.90 Å². The van der Waals surface area contributed by atoms with Crippen LogP contribution in [0.2, 0.25) is 0 Å². The van der Waals surface area contributed by atoms with E-state index in [0.717, 1.165) is 10.2 Å². The summed E-state index contributed by atoms with van der Waals surface area (Å²) in [4.78, 5) is 17.0. The molecule has 0 aliphatic heterocycles. The molecule has 2 aromatic rings. The second-order valence-corrected chi connectivity index (χ2v) is 4.53. The second kappa shape index (κ2) is 3.97. The maximum Gasteiger partial charge on any atom is 0.323 e. The highest BCUT2D eigenvalue weighted by Crippen LogP contribution is 2.28. The smallest absolute Gasteiger partial charge is 0.323 e. The van der Waals surface area contributed by atoms with Crippen molar-refractivity contribution in [3.05, 3.63) is 18.2 Å². The van der Waals surface area contributed by atoms with Crippen LogP contribution in [0.4, 0.5) is 9.93 Å². The monoisotopic (exact) mass is 237 g/mol. The molecule has 0 radical (unpaired) electrons. The van der Waals surface area contributed by atoms with Crippen molar-refractivity contribution in [2.75, 3.05) is 19.4 Å². The molecule has 0 aliphatic rings. The average molecular weight is 237 g/mol. The molecule has 5 nitrogen and oxygen atoms in total. The summed E-state index contributed by atoms with van der Waals surface area (Å²) in [6, 6.07) is 4.69. The Labute approximate surface area is 96.3 Å². The average Bonchev–Trinajstić information content (AvgIpc) is 2.58. The normalized spacial score (nSPS) is 10.4. The van der Waals surface area contributed by atoms with Crippen molar-refractivity contribution in [2.45, 2.75) is 0 Å². The molecule has 0 fully saturated rings. The zero-order valence-electron chi connectivity index (χ0n) is 8.89. The number of urea groups is 1. The van der Waals surface area contributed by atoms with Gasteiger partial charge in [0.2, 0.25) is 0 Å². The number of phenols is 1. The Bertz CT molecular complexity index is 536. The molecule has 0 bridgehead atoms. The minimum Gasteiger partial charge on any atom is -0.508 e. The van der Waals surface area contributed by atoms with Gasteiger partial charge >= 0.3 is 6.03 Å². The number of nitrogens with one attached hydrogen (secondary N) is 1.